The van der Waals surface area contributed by atoms with Gasteiger partial charge in [-0.2, -0.15) is 5.10 Å². The molecular formula is C19H26N4O3. The van der Waals surface area contributed by atoms with E-state index in [1.54, 1.807) is 9.47 Å². The summed E-state index contributed by atoms with van der Waals surface area (Å²) in [7, 11) is 0. The molecule has 26 heavy (non-hydrogen) atoms. The summed E-state index contributed by atoms with van der Waals surface area (Å²) in [6.45, 7) is 9.48. The molecule has 140 valence electrons. The number of aryl methyl sites for hydroxylation is 2. The summed E-state index contributed by atoms with van der Waals surface area (Å²) in [5.41, 5.74) is 3.12. The molecular weight excluding hydrogens is 332 g/mol. The van der Waals surface area contributed by atoms with Crippen LogP contribution in [0, 0.1) is 13.8 Å². The molecule has 0 bridgehead atoms. The summed E-state index contributed by atoms with van der Waals surface area (Å²) >= 11 is 0. The standard InChI is InChI=1S/C19H26N4O3/c1-5-16(24)15-10-14-11-21(7-8-23(14)20-15)18(25)17-12(3)9-13(4)22(6-2)19(17)26/h9-10,16,24H,5-8,11H2,1-4H3/t16-/m1/s1. The van der Waals surface area contributed by atoms with E-state index < -0.39 is 6.10 Å². The summed E-state index contributed by atoms with van der Waals surface area (Å²) in [6, 6.07) is 3.74. The molecule has 0 saturated carbocycles. The number of aromatic nitrogens is 3. The van der Waals surface area contributed by atoms with E-state index in [0.717, 1.165) is 11.4 Å². The molecule has 3 rings (SSSR count). The maximum atomic E-state index is 13.1. The van der Waals surface area contributed by atoms with Crippen molar-refractivity contribution in [3.63, 3.8) is 0 Å². The van der Waals surface area contributed by atoms with Gasteiger partial charge in [0.25, 0.3) is 11.5 Å². The highest BCUT2D eigenvalue weighted by molar-refractivity contribution is 5.95. The van der Waals surface area contributed by atoms with Crippen molar-refractivity contribution >= 4 is 5.91 Å². The first-order chi connectivity index (χ1) is 12.4. The molecule has 7 nitrogen and oxygen atoms in total. The number of fused-ring (bicyclic) bond motifs is 1. The molecule has 1 amide bonds. The fraction of sp³-hybridized carbons (Fsp3) is 0.526. The van der Waals surface area contributed by atoms with Gasteiger partial charge in [0.2, 0.25) is 0 Å². The van der Waals surface area contributed by atoms with E-state index in [0.29, 0.717) is 43.9 Å². The molecule has 1 N–H and O–H groups in total. The Hall–Kier alpha value is -2.41. The van der Waals surface area contributed by atoms with Crippen molar-refractivity contribution in [1.82, 2.24) is 19.2 Å². The Morgan fingerprint density at radius 3 is 2.65 bits per heavy atom. The predicted molar refractivity (Wildman–Crippen MR) is 98.1 cm³/mol. The van der Waals surface area contributed by atoms with Gasteiger partial charge in [0.05, 0.1) is 30.6 Å². The average molecular weight is 358 g/mol. The lowest BCUT2D eigenvalue weighted by Crippen LogP contribution is -2.42. The van der Waals surface area contributed by atoms with Gasteiger partial charge in [0, 0.05) is 18.8 Å². The first kappa shape index (κ1) is 18.4. The molecule has 2 aromatic heterocycles. The predicted octanol–water partition coefficient (Wildman–Crippen LogP) is 1.78. The molecule has 3 heterocycles. The van der Waals surface area contributed by atoms with Gasteiger partial charge in [-0.3, -0.25) is 14.3 Å². The van der Waals surface area contributed by atoms with Gasteiger partial charge in [-0.15, -0.1) is 0 Å². The van der Waals surface area contributed by atoms with E-state index in [4.69, 9.17) is 0 Å². The molecule has 1 aliphatic rings. The SMILES string of the molecule is CC[C@@H](O)c1cc2n(n1)CCN(C(=O)c1c(C)cc(C)n(CC)c1=O)C2. The van der Waals surface area contributed by atoms with Crippen LogP contribution in [0.5, 0.6) is 0 Å². The highest BCUT2D eigenvalue weighted by Gasteiger charge is 2.27. The normalized spacial score (nSPS) is 15.0. The number of hydrogen-bond donors (Lipinski definition) is 1. The Kier molecular flexibility index (Phi) is 5.00. The zero-order valence-corrected chi connectivity index (χ0v) is 15.8. The molecule has 2 aromatic rings. The van der Waals surface area contributed by atoms with Gasteiger partial charge >= 0.3 is 0 Å². The minimum atomic E-state index is -0.589. The Morgan fingerprint density at radius 1 is 1.27 bits per heavy atom. The van der Waals surface area contributed by atoms with Crippen molar-refractivity contribution in [1.29, 1.82) is 0 Å². The Bertz CT molecular complexity index is 897. The second kappa shape index (κ2) is 7.07. The maximum Gasteiger partial charge on any atom is 0.263 e. The highest BCUT2D eigenvalue weighted by atomic mass is 16.3. The van der Waals surface area contributed by atoms with E-state index in [1.165, 1.54) is 0 Å². The zero-order valence-electron chi connectivity index (χ0n) is 15.8. The molecule has 0 saturated heterocycles. The fourth-order valence-electron chi connectivity index (χ4n) is 3.57. The third-order valence-electron chi connectivity index (χ3n) is 5.07. The lowest BCUT2D eigenvalue weighted by atomic mass is 10.1. The molecule has 1 atom stereocenters. The minimum absolute atomic E-state index is 0.226. The number of aliphatic hydroxyl groups is 1. The molecule has 0 radical (unpaired) electrons. The van der Waals surface area contributed by atoms with Crippen LogP contribution >= 0.6 is 0 Å². The highest BCUT2D eigenvalue weighted by Crippen LogP contribution is 2.21. The largest absolute Gasteiger partial charge is 0.387 e. The van der Waals surface area contributed by atoms with Crippen LogP contribution in [0.25, 0.3) is 0 Å². The van der Waals surface area contributed by atoms with Crippen molar-refractivity contribution in [2.75, 3.05) is 6.54 Å². The summed E-state index contributed by atoms with van der Waals surface area (Å²) in [4.78, 5) is 27.5. The summed E-state index contributed by atoms with van der Waals surface area (Å²) < 4.78 is 3.47. The number of nitrogens with zero attached hydrogens (tertiary/aromatic N) is 4. The van der Waals surface area contributed by atoms with E-state index >= 15 is 0 Å². The number of carbonyl (C=O) groups is 1. The first-order valence-electron chi connectivity index (χ1n) is 9.12. The van der Waals surface area contributed by atoms with Gasteiger partial charge in [-0.25, -0.2) is 0 Å². The Labute approximate surface area is 152 Å². The molecule has 0 fully saturated rings. The quantitative estimate of drug-likeness (QED) is 0.903. The monoisotopic (exact) mass is 358 g/mol. The fourth-order valence-corrected chi connectivity index (χ4v) is 3.57. The van der Waals surface area contributed by atoms with Crippen LogP contribution in [-0.4, -0.2) is 36.8 Å². The smallest absolute Gasteiger partial charge is 0.263 e. The third kappa shape index (κ3) is 3.07. The van der Waals surface area contributed by atoms with Gasteiger partial charge in [0.15, 0.2) is 0 Å². The number of amides is 1. The van der Waals surface area contributed by atoms with Crippen molar-refractivity contribution < 1.29 is 9.90 Å². The minimum Gasteiger partial charge on any atom is -0.387 e. The zero-order chi connectivity index (χ0) is 19.0. The van der Waals surface area contributed by atoms with Gasteiger partial charge < -0.3 is 14.6 Å². The van der Waals surface area contributed by atoms with Crippen LogP contribution in [0.1, 0.15) is 59.4 Å². The second-order valence-corrected chi connectivity index (χ2v) is 6.83. The van der Waals surface area contributed by atoms with Crippen molar-refractivity contribution in [2.24, 2.45) is 0 Å². The Balaban J connectivity index is 1.91. The van der Waals surface area contributed by atoms with Crippen LogP contribution in [0.4, 0.5) is 0 Å². The topological polar surface area (TPSA) is 80.4 Å². The van der Waals surface area contributed by atoms with Gasteiger partial charge in [-0.05, 0) is 44.9 Å². The molecule has 0 unspecified atom stereocenters. The second-order valence-electron chi connectivity index (χ2n) is 6.83. The molecule has 0 aliphatic carbocycles. The third-order valence-corrected chi connectivity index (χ3v) is 5.07. The molecule has 1 aliphatic heterocycles. The van der Waals surface area contributed by atoms with Crippen LogP contribution in [0.2, 0.25) is 0 Å². The van der Waals surface area contributed by atoms with Crippen LogP contribution in [0.3, 0.4) is 0 Å². The van der Waals surface area contributed by atoms with Crippen molar-refractivity contribution in [3.05, 3.63) is 50.7 Å². The van der Waals surface area contributed by atoms with E-state index in [-0.39, 0.29) is 17.0 Å². The number of carbonyl (C=O) groups excluding carboxylic acids is 1. The lowest BCUT2D eigenvalue weighted by Gasteiger charge is -2.28. The number of hydrogen-bond acceptors (Lipinski definition) is 4. The first-order valence-corrected chi connectivity index (χ1v) is 9.12. The molecule has 0 spiro atoms. The summed E-state index contributed by atoms with van der Waals surface area (Å²) in [5, 5.41) is 14.4. The van der Waals surface area contributed by atoms with E-state index in [2.05, 4.69) is 5.10 Å². The van der Waals surface area contributed by atoms with E-state index in [1.807, 2.05) is 44.5 Å². The van der Waals surface area contributed by atoms with Crippen LogP contribution in [0.15, 0.2) is 16.9 Å². The van der Waals surface area contributed by atoms with Gasteiger partial charge in [0.1, 0.15) is 5.56 Å². The number of pyridine rings is 1. The molecule has 7 heteroatoms. The number of rotatable bonds is 4. The summed E-state index contributed by atoms with van der Waals surface area (Å²) in [5.74, 6) is -0.236. The Morgan fingerprint density at radius 2 is 2.00 bits per heavy atom. The van der Waals surface area contributed by atoms with E-state index in [9.17, 15) is 14.7 Å². The average Bonchev–Trinajstić information content (AvgIpc) is 3.04. The van der Waals surface area contributed by atoms with Crippen LogP contribution < -0.4 is 5.56 Å². The summed E-state index contributed by atoms with van der Waals surface area (Å²) in [6.07, 6.45) is 0.00597. The lowest BCUT2D eigenvalue weighted by molar-refractivity contribution is 0.0702. The molecule has 0 aromatic carbocycles. The maximum absolute atomic E-state index is 13.1. The number of aliphatic hydroxyl groups excluding tert-OH is 1. The van der Waals surface area contributed by atoms with Crippen LogP contribution in [-0.2, 0) is 19.6 Å². The van der Waals surface area contributed by atoms with Crippen molar-refractivity contribution in [2.45, 2.75) is 59.9 Å². The van der Waals surface area contributed by atoms with Crippen molar-refractivity contribution in [3.8, 4) is 0 Å². The van der Waals surface area contributed by atoms with Gasteiger partial charge in [-0.1, -0.05) is 6.92 Å².